The zero-order valence-electron chi connectivity index (χ0n) is 14.0. The fourth-order valence-corrected chi connectivity index (χ4v) is 3.61. The van der Waals surface area contributed by atoms with E-state index in [4.69, 9.17) is 11.6 Å². The number of hydrogen-bond acceptors (Lipinski definition) is 2. The number of benzene rings is 4. The Balaban J connectivity index is 1.47. The zero-order valence-corrected chi connectivity index (χ0v) is 15.5. The van der Waals surface area contributed by atoms with Crippen LogP contribution in [0.3, 0.4) is 0 Å². The largest absolute Gasteiger partial charge is 0.256 e. The minimum Gasteiger partial charge on any atom is -0.256 e. The average Bonchev–Trinajstić information content (AvgIpc) is 2.69. The Morgan fingerprint density at radius 3 is 2.08 bits per heavy atom. The van der Waals surface area contributed by atoms with Gasteiger partial charge in [0.05, 0.1) is 5.69 Å². The molecule has 0 fully saturated rings. The molecule has 0 aliphatic rings. The summed E-state index contributed by atoms with van der Waals surface area (Å²) in [5.74, 6) is 0. The Morgan fingerprint density at radius 2 is 1.35 bits per heavy atom. The van der Waals surface area contributed by atoms with Crippen LogP contribution in [0.4, 0.5) is 5.69 Å². The van der Waals surface area contributed by atoms with Crippen LogP contribution in [0, 0.1) is 0 Å². The average molecular weight is 374 g/mol. The van der Waals surface area contributed by atoms with Gasteiger partial charge in [-0.05, 0) is 64.9 Å². The molecule has 0 amide bonds. The molecule has 26 heavy (non-hydrogen) atoms. The van der Waals surface area contributed by atoms with E-state index in [0.29, 0.717) is 0 Å². The van der Waals surface area contributed by atoms with E-state index < -0.39 is 0 Å². The van der Waals surface area contributed by atoms with Crippen LogP contribution in [0.1, 0.15) is 5.56 Å². The number of aliphatic imine (C=N–C) groups is 1. The molecule has 0 atom stereocenters. The highest BCUT2D eigenvalue weighted by Crippen LogP contribution is 2.28. The van der Waals surface area contributed by atoms with Crippen LogP contribution in [0.15, 0.2) is 106 Å². The molecule has 1 nitrogen and oxygen atoms in total. The van der Waals surface area contributed by atoms with Crippen molar-refractivity contribution in [2.24, 2.45) is 4.99 Å². The first kappa shape index (κ1) is 16.9. The zero-order chi connectivity index (χ0) is 17.8. The first-order valence-electron chi connectivity index (χ1n) is 8.33. The maximum atomic E-state index is 5.93. The maximum Gasteiger partial charge on any atom is 0.0636 e. The molecule has 0 saturated heterocycles. The third-order valence-corrected chi connectivity index (χ3v) is 5.29. The lowest BCUT2D eigenvalue weighted by Crippen LogP contribution is -1.81. The van der Waals surface area contributed by atoms with Crippen molar-refractivity contribution in [2.45, 2.75) is 9.79 Å². The monoisotopic (exact) mass is 373 g/mol. The number of rotatable bonds is 4. The topological polar surface area (TPSA) is 12.4 Å². The first-order chi connectivity index (χ1) is 12.8. The highest BCUT2D eigenvalue weighted by Gasteiger charge is 1.98. The predicted octanol–water partition coefficient (Wildman–Crippen LogP) is 7.40. The maximum absolute atomic E-state index is 5.93. The van der Waals surface area contributed by atoms with Crippen molar-refractivity contribution < 1.29 is 0 Å². The summed E-state index contributed by atoms with van der Waals surface area (Å²) in [5, 5.41) is 3.20. The third-order valence-electron chi connectivity index (χ3n) is 4.03. The number of nitrogens with zero attached hydrogens (tertiary/aromatic N) is 1. The number of hydrogen-bond donors (Lipinski definition) is 0. The summed E-state index contributed by atoms with van der Waals surface area (Å²) in [7, 11) is 0. The Kier molecular flexibility index (Phi) is 5.05. The van der Waals surface area contributed by atoms with E-state index >= 15 is 0 Å². The first-order valence-corrected chi connectivity index (χ1v) is 9.52. The van der Waals surface area contributed by atoms with Crippen molar-refractivity contribution in [1.29, 1.82) is 0 Å². The summed E-state index contributed by atoms with van der Waals surface area (Å²) >= 11 is 7.65. The van der Waals surface area contributed by atoms with Crippen LogP contribution in [-0.4, -0.2) is 6.21 Å². The Hall–Kier alpha value is -2.55. The van der Waals surface area contributed by atoms with Crippen LogP contribution >= 0.6 is 23.4 Å². The quantitative estimate of drug-likeness (QED) is 0.339. The van der Waals surface area contributed by atoms with Crippen molar-refractivity contribution in [3.63, 3.8) is 0 Å². The summed E-state index contributed by atoms with van der Waals surface area (Å²) in [4.78, 5) is 6.97. The molecule has 0 heterocycles. The van der Waals surface area contributed by atoms with Gasteiger partial charge in [0.15, 0.2) is 0 Å². The van der Waals surface area contributed by atoms with Crippen LogP contribution in [0.2, 0.25) is 5.02 Å². The molecule has 0 bridgehead atoms. The SMILES string of the molecule is Clc1ccc(Sc2ccc(C=Nc3ccc4ccccc4c3)cc2)cc1. The summed E-state index contributed by atoms with van der Waals surface area (Å²) in [6, 6.07) is 30.9. The van der Waals surface area contributed by atoms with Crippen molar-refractivity contribution in [1.82, 2.24) is 0 Å². The van der Waals surface area contributed by atoms with Gasteiger partial charge in [0.1, 0.15) is 0 Å². The summed E-state index contributed by atoms with van der Waals surface area (Å²) in [6.45, 7) is 0. The smallest absolute Gasteiger partial charge is 0.0636 e. The molecule has 0 saturated carbocycles. The van der Waals surface area contributed by atoms with Gasteiger partial charge in [-0.25, -0.2) is 0 Å². The van der Waals surface area contributed by atoms with Crippen molar-refractivity contribution >= 4 is 46.0 Å². The van der Waals surface area contributed by atoms with E-state index in [9.17, 15) is 0 Å². The highest BCUT2D eigenvalue weighted by molar-refractivity contribution is 7.99. The van der Waals surface area contributed by atoms with E-state index in [1.807, 2.05) is 42.6 Å². The fourth-order valence-electron chi connectivity index (χ4n) is 2.67. The van der Waals surface area contributed by atoms with E-state index in [-0.39, 0.29) is 0 Å². The molecule has 4 aromatic carbocycles. The molecule has 0 aromatic heterocycles. The lowest BCUT2D eigenvalue weighted by molar-refractivity contribution is 1.40. The Morgan fingerprint density at radius 1 is 0.692 bits per heavy atom. The molecule has 0 radical (unpaired) electrons. The lowest BCUT2D eigenvalue weighted by Gasteiger charge is -2.02. The molecule has 4 rings (SSSR count). The van der Waals surface area contributed by atoms with E-state index in [1.165, 1.54) is 20.6 Å². The summed E-state index contributed by atoms with van der Waals surface area (Å²) in [5.41, 5.74) is 2.04. The van der Waals surface area contributed by atoms with Crippen LogP contribution < -0.4 is 0 Å². The molecular formula is C23H16ClNS. The predicted molar refractivity (Wildman–Crippen MR) is 113 cm³/mol. The molecular weight excluding hydrogens is 358 g/mol. The second-order valence-electron chi connectivity index (χ2n) is 5.91. The number of halogens is 1. The second kappa shape index (κ2) is 7.77. The van der Waals surface area contributed by atoms with Crippen LogP contribution in [0.5, 0.6) is 0 Å². The van der Waals surface area contributed by atoms with Gasteiger partial charge >= 0.3 is 0 Å². The van der Waals surface area contributed by atoms with Gasteiger partial charge in [-0.1, -0.05) is 65.8 Å². The van der Waals surface area contributed by atoms with Gasteiger partial charge < -0.3 is 0 Å². The van der Waals surface area contributed by atoms with Crippen LogP contribution in [0.25, 0.3) is 10.8 Å². The van der Waals surface area contributed by atoms with E-state index in [1.54, 1.807) is 11.8 Å². The standard InChI is InChI=1S/C23H16ClNS/c24-20-8-13-23(14-9-20)26-22-11-5-17(6-12-22)16-25-21-10-7-18-3-1-2-4-19(18)15-21/h1-16H. The van der Waals surface area contributed by atoms with E-state index in [0.717, 1.165) is 16.3 Å². The van der Waals surface area contributed by atoms with Crippen molar-refractivity contribution in [3.8, 4) is 0 Å². The second-order valence-corrected chi connectivity index (χ2v) is 7.50. The Bertz CT molecular complexity index is 1050. The molecule has 0 spiro atoms. The molecule has 4 aromatic rings. The van der Waals surface area contributed by atoms with Gasteiger partial charge in [-0.2, -0.15) is 0 Å². The van der Waals surface area contributed by atoms with Crippen molar-refractivity contribution in [2.75, 3.05) is 0 Å². The molecule has 0 aliphatic heterocycles. The molecule has 126 valence electrons. The van der Waals surface area contributed by atoms with Gasteiger partial charge in [-0.3, -0.25) is 4.99 Å². The Labute approximate surface area is 162 Å². The molecule has 0 aliphatic carbocycles. The van der Waals surface area contributed by atoms with E-state index in [2.05, 4.69) is 59.6 Å². The minimum absolute atomic E-state index is 0.759. The van der Waals surface area contributed by atoms with Gasteiger partial charge in [-0.15, -0.1) is 0 Å². The van der Waals surface area contributed by atoms with Crippen molar-refractivity contribution in [3.05, 3.63) is 102 Å². The van der Waals surface area contributed by atoms with Gasteiger partial charge in [0.2, 0.25) is 0 Å². The minimum atomic E-state index is 0.759. The normalized spacial score (nSPS) is 11.3. The third kappa shape index (κ3) is 4.16. The van der Waals surface area contributed by atoms with Crippen LogP contribution in [-0.2, 0) is 0 Å². The highest BCUT2D eigenvalue weighted by atomic mass is 35.5. The van der Waals surface area contributed by atoms with Gasteiger partial charge in [0, 0.05) is 21.0 Å². The lowest BCUT2D eigenvalue weighted by atomic mass is 10.1. The fraction of sp³-hybridized carbons (Fsp3) is 0. The van der Waals surface area contributed by atoms with Gasteiger partial charge in [0.25, 0.3) is 0 Å². The molecule has 0 unspecified atom stereocenters. The summed E-state index contributed by atoms with van der Waals surface area (Å²) in [6.07, 6.45) is 1.90. The number of fused-ring (bicyclic) bond motifs is 1. The molecule has 3 heteroatoms. The summed E-state index contributed by atoms with van der Waals surface area (Å²) < 4.78 is 0. The molecule has 0 N–H and O–H groups in total.